The second kappa shape index (κ2) is 9.17. The van der Waals surface area contributed by atoms with Gasteiger partial charge in [0.2, 0.25) is 0 Å². The zero-order chi connectivity index (χ0) is 24.5. The zero-order valence-electron chi connectivity index (χ0n) is 17.9. The molecule has 0 bridgehead atoms. The predicted octanol–water partition coefficient (Wildman–Crippen LogP) is 2.05. The number of aromatic nitrogens is 3. The summed E-state index contributed by atoms with van der Waals surface area (Å²) in [5.41, 5.74) is 0.393. The molecule has 178 valence electrons. The Kier molecular flexibility index (Phi) is 6.28. The molecule has 34 heavy (non-hydrogen) atoms. The standard InChI is InChI=1S/C21H20F2N6O4S/c1-34(31,32)18(25-9-12-4-2-3-5-14(12)22)8-16(24)19-26-10-15(23)20(27-19)29-7-6-13-17(11-29)33-28-21(13)30/h2-5,8,10,24-25H,6-7,9,11H2,1H3,(H,28,30)/b18-8+,24-16?. The molecule has 0 atom stereocenters. The van der Waals surface area contributed by atoms with Gasteiger partial charge in [0.05, 0.1) is 18.3 Å². The number of hydrogen-bond donors (Lipinski definition) is 3. The van der Waals surface area contributed by atoms with Crippen molar-refractivity contribution in [2.45, 2.75) is 19.5 Å². The molecule has 0 amide bonds. The van der Waals surface area contributed by atoms with Gasteiger partial charge in [-0.3, -0.25) is 5.41 Å². The SMILES string of the molecule is CS(=O)(=O)/C(=C/C(=N)c1ncc(F)c(N2CCc3c(O)noc3C2)n1)NCc1ccccc1F. The van der Waals surface area contributed by atoms with E-state index in [2.05, 4.69) is 20.4 Å². The van der Waals surface area contributed by atoms with Crippen molar-refractivity contribution < 1.29 is 26.8 Å². The summed E-state index contributed by atoms with van der Waals surface area (Å²) in [4.78, 5) is 9.46. The molecule has 0 radical (unpaired) electrons. The van der Waals surface area contributed by atoms with Crippen LogP contribution >= 0.6 is 0 Å². The lowest BCUT2D eigenvalue weighted by Crippen LogP contribution is -2.31. The molecule has 0 saturated heterocycles. The third-order valence-electron chi connectivity index (χ3n) is 5.17. The first kappa shape index (κ1) is 23.3. The molecule has 3 aromatic rings. The summed E-state index contributed by atoms with van der Waals surface area (Å²) in [6, 6.07) is 5.88. The van der Waals surface area contributed by atoms with Gasteiger partial charge in [-0.1, -0.05) is 18.2 Å². The Hall–Kier alpha value is -3.87. The maximum absolute atomic E-state index is 14.5. The van der Waals surface area contributed by atoms with Crippen LogP contribution in [0.1, 0.15) is 22.7 Å². The number of allylic oxidation sites excluding steroid dienone is 1. The highest BCUT2D eigenvalue weighted by atomic mass is 32.2. The largest absolute Gasteiger partial charge is 0.491 e. The average Bonchev–Trinajstić information content (AvgIpc) is 3.17. The average molecular weight is 490 g/mol. The van der Waals surface area contributed by atoms with E-state index in [-0.39, 0.29) is 41.2 Å². The smallest absolute Gasteiger partial charge is 0.255 e. The van der Waals surface area contributed by atoms with Crippen LogP contribution < -0.4 is 10.2 Å². The van der Waals surface area contributed by atoms with Crippen molar-refractivity contribution >= 4 is 21.4 Å². The maximum Gasteiger partial charge on any atom is 0.255 e. The number of aromatic hydroxyl groups is 1. The topological polar surface area (TPSA) is 145 Å². The highest BCUT2D eigenvalue weighted by Crippen LogP contribution is 2.29. The van der Waals surface area contributed by atoms with Gasteiger partial charge in [-0.05, 0) is 17.6 Å². The number of anilines is 1. The molecule has 1 aliphatic rings. The van der Waals surface area contributed by atoms with Crippen molar-refractivity contribution in [2.75, 3.05) is 17.7 Å². The maximum atomic E-state index is 14.5. The number of sulfone groups is 1. The second-order valence-electron chi connectivity index (χ2n) is 7.58. The summed E-state index contributed by atoms with van der Waals surface area (Å²) in [6.45, 7) is 0.268. The zero-order valence-corrected chi connectivity index (χ0v) is 18.7. The molecule has 0 unspecified atom stereocenters. The summed E-state index contributed by atoms with van der Waals surface area (Å²) >= 11 is 0. The fourth-order valence-electron chi connectivity index (χ4n) is 3.41. The minimum absolute atomic E-state index is 0.0955. The third-order valence-corrected chi connectivity index (χ3v) is 6.23. The van der Waals surface area contributed by atoms with Crippen LogP contribution in [0.5, 0.6) is 5.88 Å². The summed E-state index contributed by atoms with van der Waals surface area (Å²) in [6.07, 6.45) is 3.17. The molecule has 4 rings (SSSR count). The molecular weight excluding hydrogens is 470 g/mol. The van der Waals surface area contributed by atoms with Crippen molar-refractivity contribution in [1.29, 1.82) is 5.41 Å². The Morgan fingerprint density at radius 2 is 2.09 bits per heavy atom. The van der Waals surface area contributed by atoms with E-state index in [1.165, 1.54) is 18.2 Å². The van der Waals surface area contributed by atoms with Crippen LogP contribution in [0.2, 0.25) is 0 Å². The molecule has 10 nitrogen and oxygen atoms in total. The highest BCUT2D eigenvalue weighted by molar-refractivity contribution is 7.94. The van der Waals surface area contributed by atoms with Gasteiger partial charge in [0.25, 0.3) is 5.88 Å². The molecule has 2 aromatic heterocycles. The predicted molar refractivity (Wildman–Crippen MR) is 118 cm³/mol. The van der Waals surface area contributed by atoms with Crippen LogP contribution in [0, 0.1) is 17.0 Å². The Balaban J connectivity index is 1.58. The molecule has 1 aromatic carbocycles. The number of halogens is 2. The Bertz CT molecular complexity index is 1390. The van der Waals surface area contributed by atoms with Crippen LogP contribution in [0.3, 0.4) is 0 Å². The number of benzene rings is 1. The minimum Gasteiger partial charge on any atom is -0.491 e. The van der Waals surface area contributed by atoms with Gasteiger partial charge in [-0.15, -0.1) is 0 Å². The van der Waals surface area contributed by atoms with Crippen molar-refractivity contribution in [2.24, 2.45) is 0 Å². The lowest BCUT2D eigenvalue weighted by atomic mass is 10.1. The first-order valence-corrected chi connectivity index (χ1v) is 11.9. The lowest BCUT2D eigenvalue weighted by Gasteiger charge is -2.26. The van der Waals surface area contributed by atoms with Gasteiger partial charge in [-0.2, -0.15) is 0 Å². The van der Waals surface area contributed by atoms with Gasteiger partial charge in [-0.25, -0.2) is 27.2 Å². The first-order chi connectivity index (χ1) is 16.1. The van der Waals surface area contributed by atoms with E-state index >= 15 is 0 Å². The van der Waals surface area contributed by atoms with Crippen LogP contribution in [0.4, 0.5) is 14.6 Å². The van der Waals surface area contributed by atoms with Gasteiger partial charge >= 0.3 is 0 Å². The van der Waals surface area contributed by atoms with Crippen molar-refractivity contribution in [3.05, 3.63) is 75.9 Å². The van der Waals surface area contributed by atoms with Gasteiger partial charge in [0.1, 0.15) is 16.6 Å². The van der Waals surface area contributed by atoms with Crippen molar-refractivity contribution in [3.8, 4) is 5.88 Å². The van der Waals surface area contributed by atoms with Gasteiger partial charge < -0.3 is 19.8 Å². The molecule has 0 spiro atoms. The summed E-state index contributed by atoms with van der Waals surface area (Å²) < 4.78 is 57.9. The first-order valence-electron chi connectivity index (χ1n) is 10.1. The minimum atomic E-state index is -3.82. The summed E-state index contributed by atoms with van der Waals surface area (Å²) in [5, 5.41) is 23.7. The highest BCUT2D eigenvalue weighted by Gasteiger charge is 2.27. The van der Waals surface area contributed by atoms with Crippen LogP contribution in [-0.4, -0.2) is 47.2 Å². The molecule has 3 N–H and O–H groups in total. The summed E-state index contributed by atoms with van der Waals surface area (Å²) in [7, 11) is -3.82. The van der Waals surface area contributed by atoms with E-state index in [1.54, 1.807) is 11.0 Å². The summed E-state index contributed by atoms with van der Waals surface area (Å²) in [5.74, 6) is -1.40. The van der Waals surface area contributed by atoms with Crippen molar-refractivity contribution in [1.82, 2.24) is 20.4 Å². The molecule has 3 heterocycles. The van der Waals surface area contributed by atoms with E-state index in [4.69, 9.17) is 9.93 Å². The van der Waals surface area contributed by atoms with E-state index in [1.807, 2.05) is 0 Å². The Morgan fingerprint density at radius 3 is 2.82 bits per heavy atom. The quantitative estimate of drug-likeness (QED) is 0.424. The number of nitrogens with zero attached hydrogens (tertiary/aromatic N) is 4. The number of fused-ring (bicyclic) bond motifs is 1. The van der Waals surface area contributed by atoms with Crippen LogP contribution in [0.15, 0.2) is 46.1 Å². The number of rotatable bonds is 7. The van der Waals surface area contributed by atoms with E-state index < -0.39 is 27.2 Å². The Morgan fingerprint density at radius 1 is 1.32 bits per heavy atom. The molecule has 13 heteroatoms. The number of nitrogens with one attached hydrogen (secondary N) is 2. The van der Waals surface area contributed by atoms with E-state index in [0.717, 1.165) is 18.5 Å². The van der Waals surface area contributed by atoms with E-state index in [0.29, 0.717) is 24.3 Å². The number of hydrogen-bond acceptors (Lipinski definition) is 10. The fraction of sp³-hybridized carbons (Fsp3) is 0.238. The second-order valence-corrected chi connectivity index (χ2v) is 9.57. The van der Waals surface area contributed by atoms with Crippen molar-refractivity contribution in [3.63, 3.8) is 0 Å². The molecule has 1 aliphatic heterocycles. The van der Waals surface area contributed by atoms with Gasteiger partial charge in [0, 0.05) is 31.0 Å². The normalized spacial score (nSPS) is 14.1. The lowest BCUT2D eigenvalue weighted by molar-refractivity contribution is 0.340. The van der Waals surface area contributed by atoms with Gasteiger partial charge in [0.15, 0.2) is 33.1 Å². The molecule has 0 fully saturated rings. The fourth-order valence-corrected chi connectivity index (χ4v) is 4.07. The Labute approximate surface area is 193 Å². The monoisotopic (exact) mass is 490 g/mol. The molecule has 0 saturated carbocycles. The molecule has 0 aliphatic carbocycles. The third kappa shape index (κ3) is 4.88. The van der Waals surface area contributed by atoms with Crippen LogP contribution in [-0.2, 0) is 29.3 Å². The van der Waals surface area contributed by atoms with Crippen LogP contribution in [0.25, 0.3) is 0 Å². The molecular formula is C21H20F2N6O4S. The van der Waals surface area contributed by atoms with E-state index in [9.17, 15) is 22.3 Å².